The number of rotatable bonds is 7. The molecule has 2 rings (SSSR count). The molecule has 1 unspecified atom stereocenters. The number of carbonyl (C=O) groups is 2. The maximum Gasteiger partial charge on any atom is 0.328 e. The summed E-state index contributed by atoms with van der Waals surface area (Å²) in [5.41, 5.74) is -0.768. The van der Waals surface area contributed by atoms with Gasteiger partial charge in [0.25, 0.3) is 17.3 Å². The number of non-ortho nitro benzene ring substituents is 2. The van der Waals surface area contributed by atoms with Crippen molar-refractivity contribution < 1.29 is 24.2 Å². The van der Waals surface area contributed by atoms with Gasteiger partial charge in [0.15, 0.2) is 0 Å². The second-order valence-electron chi connectivity index (χ2n) is 5.49. The van der Waals surface area contributed by atoms with E-state index in [2.05, 4.69) is 10.1 Å². The number of nitro groups is 2. The first-order valence-corrected chi connectivity index (χ1v) is 7.68. The average Bonchev–Trinajstić information content (AvgIpc) is 2.67. The number of nitrogens with zero attached hydrogens (tertiary/aromatic N) is 2. The Morgan fingerprint density at radius 2 is 1.59 bits per heavy atom. The Morgan fingerprint density at radius 3 is 2.07 bits per heavy atom. The second-order valence-corrected chi connectivity index (χ2v) is 5.49. The summed E-state index contributed by atoms with van der Waals surface area (Å²) >= 11 is 0. The zero-order valence-corrected chi connectivity index (χ0v) is 14.2. The van der Waals surface area contributed by atoms with Crippen LogP contribution in [0.15, 0.2) is 48.5 Å². The van der Waals surface area contributed by atoms with Crippen LogP contribution in [0.4, 0.5) is 11.4 Å². The van der Waals surface area contributed by atoms with Gasteiger partial charge in [-0.15, -0.1) is 0 Å². The molecule has 1 atom stereocenters. The Kier molecular flexibility index (Phi) is 6.15. The first-order valence-electron chi connectivity index (χ1n) is 7.68. The molecule has 0 spiro atoms. The third-order valence-electron chi connectivity index (χ3n) is 3.66. The highest BCUT2D eigenvalue weighted by atomic mass is 16.6. The molecule has 0 heterocycles. The van der Waals surface area contributed by atoms with Crippen LogP contribution < -0.4 is 5.32 Å². The minimum Gasteiger partial charge on any atom is -0.467 e. The molecule has 27 heavy (non-hydrogen) atoms. The molecule has 0 radical (unpaired) electrons. The van der Waals surface area contributed by atoms with Gasteiger partial charge in [-0.05, 0) is 5.56 Å². The zero-order valence-electron chi connectivity index (χ0n) is 14.2. The molecular weight excluding hydrogens is 358 g/mol. The van der Waals surface area contributed by atoms with Crippen LogP contribution in [0.5, 0.6) is 0 Å². The SMILES string of the molecule is COC(=O)C(Cc1ccccc1)NC(=O)c1cc([N+](=O)[O-])cc([N+](=O)[O-])c1. The van der Waals surface area contributed by atoms with Gasteiger partial charge in [0.2, 0.25) is 0 Å². The highest BCUT2D eigenvalue weighted by Gasteiger charge is 2.25. The number of nitrogens with one attached hydrogen (secondary N) is 1. The molecule has 0 saturated heterocycles. The predicted molar refractivity (Wildman–Crippen MR) is 93.2 cm³/mol. The summed E-state index contributed by atoms with van der Waals surface area (Å²) in [4.78, 5) is 44.6. The smallest absolute Gasteiger partial charge is 0.328 e. The molecule has 0 aliphatic carbocycles. The number of ether oxygens (including phenoxy) is 1. The normalized spacial score (nSPS) is 11.3. The van der Waals surface area contributed by atoms with Crippen LogP contribution in [0.1, 0.15) is 15.9 Å². The first kappa shape index (κ1) is 19.5. The van der Waals surface area contributed by atoms with Crippen molar-refractivity contribution in [2.24, 2.45) is 0 Å². The van der Waals surface area contributed by atoms with Gasteiger partial charge >= 0.3 is 5.97 Å². The van der Waals surface area contributed by atoms with E-state index in [0.29, 0.717) is 0 Å². The lowest BCUT2D eigenvalue weighted by Crippen LogP contribution is -2.43. The quantitative estimate of drug-likeness (QED) is 0.444. The topological polar surface area (TPSA) is 142 Å². The van der Waals surface area contributed by atoms with Crippen LogP contribution in [0, 0.1) is 20.2 Å². The fourth-order valence-corrected chi connectivity index (χ4v) is 2.36. The Hall–Kier alpha value is -3.82. The fraction of sp³-hybridized carbons (Fsp3) is 0.176. The van der Waals surface area contributed by atoms with Crippen LogP contribution in [-0.2, 0) is 16.0 Å². The summed E-state index contributed by atoms with van der Waals surface area (Å²) < 4.78 is 4.68. The molecule has 0 bridgehead atoms. The van der Waals surface area contributed by atoms with Gasteiger partial charge in [0.05, 0.1) is 28.6 Å². The largest absolute Gasteiger partial charge is 0.467 e. The van der Waals surface area contributed by atoms with E-state index in [1.54, 1.807) is 30.3 Å². The lowest BCUT2D eigenvalue weighted by molar-refractivity contribution is -0.394. The first-order chi connectivity index (χ1) is 12.8. The highest BCUT2D eigenvalue weighted by molar-refractivity contribution is 5.98. The summed E-state index contributed by atoms with van der Waals surface area (Å²) in [6, 6.07) is 10.3. The molecule has 0 aliphatic rings. The molecule has 10 nitrogen and oxygen atoms in total. The van der Waals surface area contributed by atoms with Gasteiger partial charge in [-0.2, -0.15) is 0 Å². The number of esters is 1. The van der Waals surface area contributed by atoms with E-state index < -0.39 is 39.1 Å². The molecule has 0 fully saturated rings. The van der Waals surface area contributed by atoms with Crippen molar-refractivity contribution in [1.82, 2.24) is 5.32 Å². The number of carbonyl (C=O) groups excluding carboxylic acids is 2. The Morgan fingerprint density at radius 1 is 1.04 bits per heavy atom. The summed E-state index contributed by atoms with van der Waals surface area (Å²) in [6.07, 6.45) is 0.121. The monoisotopic (exact) mass is 373 g/mol. The zero-order chi connectivity index (χ0) is 20.0. The standard InChI is InChI=1S/C17H15N3O7/c1-27-17(22)15(7-11-5-3-2-4-6-11)18-16(21)12-8-13(19(23)24)10-14(9-12)20(25)26/h2-6,8-10,15H,7H2,1H3,(H,18,21). The van der Waals surface area contributed by atoms with Gasteiger partial charge in [-0.1, -0.05) is 30.3 Å². The van der Waals surface area contributed by atoms with E-state index in [-0.39, 0.29) is 12.0 Å². The minimum atomic E-state index is -1.07. The van der Waals surface area contributed by atoms with Crippen LogP contribution >= 0.6 is 0 Å². The number of benzene rings is 2. The van der Waals surface area contributed by atoms with E-state index in [1.165, 1.54) is 0 Å². The van der Waals surface area contributed by atoms with Crippen LogP contribution in [0.2, 0.25) is 0 Å². The summed E-state index contributed by atoms with van der Waals surface area (Å²) in [5.74, 6) is -1.58. The van der Waals surface area contributed by atoms with E-state index in [1.807, 2.05) is 0 Å². The van der Waals surface area contributed by atoms with E-state index in [9.17, 15) is 29.8 Å². The van der Waals surface area contributed by atoms with Gasteiger partial charge in [-0.25, -0.2) is 4.79 Å². The van der Waals surface area contributed by atoms with Crippen molar-refractivity contribution in [2.45, 2.75) is 12.5 Å². The second kappa shape index (κ2) is 8.52. The van der Waals surface area contributed by atoms with Gasteiger partial charge < -0.3 is 10.1 Å². The average molecular weight is 373 g/mol. The number of hydrogen-bond donors (Lipinski definition) is 1. The van der Waals surface area contributed by atoms with Gasteiger partial charge in [0, 0.05) is 18.6 Å². The number of methoxy groups -OCH3 is 1. The highest BCUT2D eigenvalue weighted by Crippen LogP contribution is 2.22. The van der Waals surface area contributed by atoms with Gasteiger partial charge in [0.1, 0.15) is 6.04 Å². The number of nitro benzene ring substituents is 2. The number of hydrogen-bond acceptors (Lipinski definition) is 7. The van der Waals surface area contributed by atoms with Crippen LogP contribution in [-0.4, -0.2) is 34.9 Å². The molecule has 1 N–H and O–H groups in total. The third kappa shape index (κ3) is 5.08. The summed E-state index contributed by atoms with van der Waals surface area (Å²) in [5, 5.41) is 24.3. The Labute approximate surface area is 153 Å². The maximum absolute atomic E-state index is 12.5. The van der Waals surface area contributed by atoms with E-state index in [4.69, 9.17) is 0 Å². The van der Waals surface area contributed by atoms with Crippen molar-refractivity contribution in [2.75, 3.05) is 7.11 Å². The molecule has 2 aromatic rings. The van der Waals surface area contributed by atoms with Crippen molar-refractivity contribution in [1.29, 1.82) is 0 Å². The minimum absolute atomic E-state index is 0.121. The lowest BCUT2D eigenvalue weighted by atomic mass is 10.1. The van der Waals surface area contributed by atoms with Gasteiger partial charge in [-0.3, -0.25) is 25.0 Å². The van der Waals surface area contributed by atoms with Crippen molar-refractivity contribution in [3.8, 4) is 0 Å². The van der Waals surface area contributed by atoms with Crippen molar-refractivity contribution in [3.63, 3.8) is 0 Å². The molecule has 10 heteroatoms. The van der Waals surface area contributed by atoms with Crippen molar-refractivity contribution >= 4 is 23.3 Å². The summed E-state index contributed by atoms with van der Waals surface area (Å²) in [6.45, 7) is 0. The van der Waals surface area contributed by atoms with Crippen molar-refractivity contribution in [3.05, 3.63) is 79.9 Å². The third-order valence-corrected chi connectivity index (χ3v) is 3.66. The summed E-state index contributed by atoms with van der Waals surface area (Å²) in [7, 11) is 1.16. The number of amides is 1. The van der Waals surface area contributed by atoms with E-state index in [0.717, 1.165) is 30.9 Å². The lowest BCUT2D eigenvalue weighted by Gasteiger charge is -2.16. The molecular formula is C17H15N3O7. The fourth-order valence-electron chi connectivity index (χ4n) is 2.36. The Balaban J connectivity index is 2.30. The molecule has 0 aromatic heterocycles. The Bertz CT molecular complexity index is 851. The predicted octanol–water partition coefficient (Wildman–Crippen LogP) is 2.02. The molecule has 0 aliphatic heterocycles. The maximum atomic E-state index is 12.5. The molecule has 2 aromatic carbocycles. The van der Waals surface area contributed by atoms with Crippen LogP contribution in [0.25, 0.3) is 0 Å². The van der Waals surface area contributed by atoms with E-state index >= 15 is 0 Å². The molecule has 140 valence electrons. The molecule has 0 saturated carbocycles. The molecule has 1 amide bonds. The van der Waals surface area contributed by atoms with Crippen LogP contribution in [0.3, 0.4) is 0 Å².